The number of aromatic nitrogens is 1. The first kappa shape index (κ1) is 13.9. The molecule has 0 saturated heterocycles. The Morgan fingerprint density at radius 2 is 1.63 bits per heavy atom. The van der Waals surface area contributed by atoms with Crippen LogP contribution in [0.1, 0.15) is 50.6 Å². The highest BCUT2D eigenvalue weighted by atomic mass is 15.0. The second-order valence-corrected chi connectivity index (χ2v) is 5.47. The molecule has 2 aromatic rings. The van der Waals surface area contributed by atoms with Crippen LogP contribution in [-0.4, -0.2) is 4.57 Å². The van der Waals surface area contributed by atoms with Crippen LogP contribution < -0.4 is 0 Å². The maximum absolute atomic E-state index is 2.42. The second kappa shape index (κ2) is 5.64. The Bertz CT molecular complexity index is 547. The van der Waals surface area contributed by atoms with E-state index in [2.05, 4.69) is 69.6 Å². The average Bonchev–Trinajstić information content (AvgIpc) is 2.71. The van der Waals surface area contributed by atoms with Gasteiger partial charge in [0.15, 0.2) is 0 Å². The van der Waals surface area contributed by atoms with Gasteiger partial charge in [0.05, 0.1) is 0 Å². The highest BCUT2D eigenvalue weighted by molar-refractivity contribution is 5.72. The lowest BCUT2D eigenvalue weighted by Gasteiger charge is -2.11. The van der Waals surface area contributed by atoms with Crippen molar-refractivity contribution in [2.24, 2.45) is 7.05 Å². The molecular weight excluding hydrogens is 230 g/mol. The summed E-state index contributed by atoms with van der Waals surface area (Å²) in [5.41, 5.74) is 7.32. The van der Waals surface area contributed by atoms with E-state index < -0.39 is 0 Å². The fraction of sp³-hybridized carbons (Fsp3) is 0.444. The van der Waals surface area contributed by atoms with Crippen molar-refractivity contribution < 1.29 is 0 Å². The summed E-state index contributed by atoms with van der Waals surface area (Å²) in [6, 6.07) is 10.8. The topological polar surface area (TPSA) is 4.93 Å². The third kappa shape index (κ3) is 2.34. The van der Waals surface area contributed by atoms with E-state index in [9.17, 15) is 0 Å². The van der Waals surface area contributed by atoms with E-state index in [-0.39, 0.29) is 0 Å². The molecule has 0 amide bonds. The van der Waals surface area contributed by atoms with Crippen LogP contribution in [0.15, 0.2) is 30.3 Å². The summed E-state index contributed by atoms with van der Waals surface area (Å²) in [5.74, 6) is 0.572. The van der Waals surface area contributed by atoms with E-state index in [0.717, 1.165) is 12.8 Å². The van der Waals surface area contributed by atoms with E-state index in [1.165, 1.54) is 28.1 Å². The molecule has 1 nitrogen and oxygen atoms in total. The predicted molar refractivity (Wildman–Crippen MR) is 83.7 cm³/mol. The second-order valence-electron chi connectivity index (χ2n) is 5.47. The number of nitrogens with zero attached hydrogens (tertiary/aromatic N) is 1. The fourth-order valence-corrected chi connectivity index (χ4v) is 3.27. The Balaban J connectivity index is 2.75. The number of hydrogen-bond acceptors (Lipinski definition) is 0. The van der Waals surface area contributed by atoms with Gasteiger partial charge in [-0.2, -0.15) is 0 Å². The lowest BCUT2D eigenvalue weighted by atomic mass is 9.95. The lowest BCUT2D eigenvalue weighted by Crippen LogP contribution is -2.03. The molecule has 0 saturated carbocycles. The van der Waals surface area contributed by atoms with E-state index in [1.807, 2.05) is 0 Å². The number of benzene rings is 1. The van der Waals surface area contributed by atoms with Gasteiger partial charge in [0.1, 0.15) is 0 Å². The first-order valence-electron chi connectivity index (χ1n) is 7.37. The van der Waals surface area contributed by atoms with Crippen LogP contribution in [0.25, 0.3) is 11.1 Å². The zero-order chi connectivity index (χ0) is 14.0. The molecule has 0 unspecified atom stereocenters. The third-order valence-electron chi connectivity index (χ3n) is 3.96. The van der Waals surface area contributed by atoms with E-state index >= 15 is 0 Å². The third-order valence-corrected chi connectivity index (χ3v) is 3.96. The van der Waals surface area contributed by atoms with Crippen molar-refractivity contribution in [3.63, 3.8) is 0 Å². The molecule has 102 valence electrons. The SMILES string of the molecule is CCc1c(-c2ccccc2)c(CC)n(C)c1C(C)C. The van der Waals surface area contributed by atoms with Crippen LogP contribution in [0.3, 0.4) is 0 Å². The molecule has 0 aliphatic heterocycles. The smallest absolute Gasteiger partial charge is 0.0253 e. The van der Waals surface area contributed by atoms with Gasteiger partial charge in [0.2, 0.25) is 0 Å². The van der Waals surface area contributed by atoms with Crippen LogP contribution in [0, 0.1) is 0 Å². The van der Waals surface area contributed by atoms with Crippen LogP contribution in [0.5, 0.6) is 0 Å². The molecule has 1 aromatic heterocycles. The van der Waals surface area contributed by atoms with Gasteiger partial charge < -0.3 is 4.57 Å². The Labute approximate surface area is 117 Å². The lowest BCUT2D eigenvalue weighted by molar-refractivity contribution is 0.705. The molecular formula is C18H25N. The molecule has 0 N–H and O–H groups in total. The van der Waals surface area contributed by atoms with Crippen molar-refractivity contribution in [3.05, 3.63) is 47.3 Å². The molecule has 2 rings (SSSR count). The van der Waals surface area contributed by atoms with Crippen LogP contribution in [0.2, 0.25) is 0 Å². The largest absolute Gasteiger partial charge is 0.350 e. The molecule has 1 aromatic carbocycles. The van der Waals surface area contributed by atoms with Gasteiger partial charge in [-0.15, -0.1) is 0 Å². The molecule has 0 aliphatic rings. The van der Waals surface area contributed by atoms with E-state index in [0.29, 0.717) is 5.92 Å². The summed E-state index contributed by atoms with van der Waals surface area (Å²) in [6.45, 7) is 9.11. The van der Waals surface area contributed by atoms with Gasteiger partial charge in [-0.1, -0.05) is 58.0 Å². The van der Waals surface area contributed by atoms with Gasteiger partial charge in [-0.25, -0.2) is 0 Å². The number of hydrogen-bond donors (Lipinski definition) is 0. The van der Waals surface area contributed by atoms with Gasteiger partial charge >= 0.3 is 0 Å². The van der Waals surface area contributed by atoms with Crippen molar-refractivity contribution in [2.75, 3.05) is 0 Å². The zero-order valence-electron chi connectivity index (χ0n) is 12.8. The molecule has 0 aliphatic carbocycles. The van der Waals surface area contributed by atoms with Gasteiger partial charge in [-0.05, 0) is 29.9 Å². The molecule has 19 heavy (non-hydrogen) atoms. The Morgan fingerprint density at radius 1 is 1.00 bits per heavy atom. The first-order valence-corrected chi connectivity index (χ1v) is 7.37. The first-order chi connectivity index (χ1) is 9.11. The number of rotatable bonds is 4. The van der Waals surface area contributed by atoms with Crippen molar-refractivity contribution in [2.45, 2.75) is 46.5 Å². The molecule has 0 fully saturated rings. The summed E-state index contributed by atoms with van der Waals surface area (Å²) < 4.78 is 2.42. The fourth-order valence-electron chi connectivity index (χ4n) is 3.27. The molecule has 0 spiro atoms. The minimum atomic E-state index is 0.572. The van der Waals surface area contributed by atoms with Gasteiger partial charge in [-0.3, -0.25) is 0 Å². The van der Waals surface area contributed by atoms with Crippen molar-refractivity contribution >= 4 is 0 Å². The normalized spacial score (nSPS) is 11.3. The van der Waals surface area contributed by atoms with Gasteiger partial charge in [0, 0.05) is 24.0 Å². The Morgan fingerprint density at radius 3 is 2.11 bits per heavy atom. The molecule has 0 radical (unpaired) electrons. The monoisotopic (exact) mass is 255 g/mol. The van der Waals surface area contributed by atoms with Crippen LogP contribution in [-0.2, 0) is 19.9 Å². The van der Waals surface area contributed by atoms with Crippen molar-refractivity contribution in [1.82, 2.24) is 4.57 Å². The van der Waals surface area contributed by atoms with Gasteiger partial charge in [0.25, 0.3) is 0 Å². The summed E-state index contributed by atoms with van der Waals surface area (Å²) >= 11 is 0. The van der Waals surface area contributed by atoms with E-state index in [1.54, 1.807) is 0 Å². The Kier molecular flexibility index (Phi) is 4.14. The minimum Gasteiger partial charge on any atom is -0.350 e. The minimum absolute atomic E-state index is 0.572. The highest BCUT2D eigenvalue weighted by Crippen LogP contribution is 2.36. The molecule has 0 bridgehead atoms. The highest BCUT2D eigenvalue weighted by Gasteiger charge is 2.21. The Hall–Kier alpha value is -1.50. The van der Waals surface area contributed by atoms with Crippen molar-refractivity contribution in [1.29, 1.82) is 0 Å². The van der Waals surface area contributed by atoms with Crippen molar-refractivity contribution in [3.8, 4) is 11.1 Å². The summed E-state index contributed by atoms with van der Waals surface area (Å²) in [5, 5.41) is 0. The zero-order valence-corrected chi connectivity index (χ0v) is 12.8. The van der Waals surface area contributed by atoms with Crippen LogP contribution in [0.4, 0.5) is 0 Å². The quantitative estimate of drug-likeness (QED) is 0.729. The maximum Gasteiger partial charge on any atom is 0.0253 e. The summed E-state index contributed by atoms with van der Waals surface area (Å²) in [4.78, 5) is 0. The molecule has 1 heteroatoms. The predicted octanol–water partition coefficient (Wildman–Crippen LogP) is 4.94. The summed E-state index contributed by atoms with van der Waals surface area (Å²) in [7, 11) is 2.22. The molecule has 1 heterocycles. The maximum atomic E-state index is 2.42. The summed E-state index contributed by atoms with van der Waals surface area (Å²) in [6.07, 6.45) is 2.19. The van der Waals surface area contributed by atoms with Crippen LogP contribution >= 0.6 is 0 Å². The van der Waals surface area contributed by atoms with E-state index in [4.69, 9.17) is 0 Å². The molecule has 0 atom stereocenters. The average molecular weight is 255 g/mol. The standard InChI is InChI=1S/C18H25N/c1-6-15-17(14-11-9-8-10-12-14)16(7-2)19(5)18(15)13(3)4/h8-13H,6-7H2,1-5H3.